The summed E-state index contributed by atoms with van der Waals surface area (Å²) >= 11 is 1.90. The summed E-state index contributed by atoms with van der Waals surface area (Å²) < 4.78 is 0. The van der Waals surface area contributed by atoms with Gasteiger partial charge in [-0.2, -0.15) is 0 Å². The Morgan fingerprint density at radius 3 is 2.71 bits per heavy atom. The standard InChI is InChI=1S/C12H19NS/c1-8-6-12(10(3)14-8)7-13-9(2)11-4-5-11/h6,9,11,13H,4-5,7H2,1-3H3. The van der Waals surface area contributed by atoms with Crippen LogP contribution in [0.5, 0.6) is 0 Å². The molecule has 1 aromatic heterocycles. The van der Waals surface area contributed by atoms with Crippen LogP contribution in [0, 0.1) is 19.8 Å². The van der Waals surface area contributed by atoms with Gasteiger partial charge in [-0.3, -0.25) is 0 Å². The van der Waals surface area contributed by atoms with E-state index in [-0.39, 0.29) is 0 Å². The van der Waals surface area contributed by atoms with Gasteiger partial charge in [0, 0.05) is 22.3 Å². The minimum Gasteiger partial charge on any atom is -0.310 e. The summed E-state index contributed by atoms with van der Waals surface area (Å²) in [6.07, 6.45) is 2.85. The van der Waals surface area contributed by atoms with Gasteiger partial charge in [0.1, 0.15) is 0 Å². The van der Waals surface area contributed by atoms with Crippen molar-refractivity contribution in [2.24, 2.45) is 5.92 Å². The first-order chi connectivity index (χ1) is 6.66. The Kier molecular flexibility index (Phi) is 2.93. The van der Waals surface area contributed by atoms with Crippen LogP contribution in [0.4, 0.5) is 0 Å². The lowest BCUT2D eigenvalue weighted by molar-refractivity contribution is 0.496. The molecule has 1 aromatic rings. The van der Waals surface area contributed by atoms with Gasteiger partial charge in [-0.1, -0.05) is 0 Å². The topological polar surface area (TPSA) is 12.0 Å². The lowest BCUT2D eigenvalue weighted by Gasteiger charge is -2.12. The third-order valence-electron chi connectivity index (χ3n) is 3.09. The number of hydrogen-bond acceptors (Lipinski definition) is 2. The number of aryl methyl sites for hydroxylation is 2. The van der Waals surface area contributed by atoms with Crippen molar-refractivity contribution < 1.29 is 0 Å². The molecule has 1 aliphatic carbocycles. The Morgan fingerprint density at radius 2 is 2.21 bits per heavy atom. The van der Waals surface area contributed by atoms with Gasteiger partial charge in [0.25, 0.3) is 0 Å². The van der Waals surface area contributed by atoms with Crippen molar-refractivity contribution in [2.75, 3.05) is 0 Å². The highest BCUT2D eigenvalue weighted by Crippen LogP contribution is 2.32. The van der Waals surface area contributed by atoms with Crippen molar-refractivity contribution in [1.82, 2.24) is 5.32 Å². The molecule has 0 amide bonds. The van der Waals surface area contributed by atoms with Crippen molar-refractivity contribution >= 4 is 11.3 Å². The summed E-state index contributed by atoms with van der Waals surface area (Å²) in [6, 6.07) is 3.02. The van der Waals surface area contributed by atoms with Crippen molar-refractivity contribution in [3.8, 4) is 0 Å². The maximum atomic E-state index is 3.62. The van der Waals surface area contributed by atoms with Crippen molar-refractivity contribution in [2.45, 2.75) is 46.2 Å². The molecule has 0 aromatic carbocycles. The molecule has 0 spiro atoms. The Morgan fingerprint density at radius 1 is 1.50 bits per heavy atom. The minimum atomic E-state index is 0.703. The highest BCUT2D eigenvalue weighted by Gasteiger charge is 2.27. The van der Waals surface area contributed by atoms with Crippen LogP contribution in [-0.4, -0.2) is 6.04 Å². The van der Waals surface area contributed by atoms with Gasteiger partial charge in [0.05, 0.1) is 0 Å². The zero-order chi connectivity index (χ0) is 10.1. The molecular weight excluding hydrogens is 190 g/mol. The molecule has 2 heteroatoms. The molecule has 78 valence electrons. The zero-order valence-electron chi connectivity index (χ0n) is 9.26. The van der Waals surface area contributed by atoms with E-state index in [0.717, 1.165) is 12.5 Å². The summed E-state index contributed by atoms with van der Waals surface area (Å²) in [6.45, 7) is 7.77. The molecular formula is C12H19NS. The summed E-state index contributed by atoms with van der Waals surface area (Å²) in [5.41, 5.74) is 1.49. The van der Waals surface area contributed by atoms with E-state index in [1.807, 2.05) is 11.3 Å². The number of thiophene rings is 1. The molecule has 0 radical (unpaired) electrons. The van der Waals surface area contributed by atoms with E-state index in [2.05, 4.69) is 32.2 Å². The molecule has 1 unspecified atom stereocenters. The number of rotatable bonds is 4. The van der Waals surface area contributed by atoms with Crippen LogP contribution in [0.15, 0.2) is 6.07 Å². The molecule has 0 bridgehead atoms. The van der Waals surface area contributed by atoms with Gasteiger partial charge in [0.2, 0.25) is 0 Å². The average molecular weight is 209 g/mol. The van der Waals surface area contributed by atoms with Crippen molar-refractivity contribution in [3.05, 3.63) is 21.4 Å². The highest BCUT2D eigenvalue weighted by atomic mass is 32.1. The fourth-order valence-electron chi connectivity index (χ4n) is 1.89. The number of hydrogen-bond donors (Lipinski definition) is 1. The third kappa shape index (κ3) is 2.37. The summed E-state index contributed by atoms with van der Waals surface area (Å²) in [5.74, 6) is 0.954. The Bertz CT molecular complexity index is 312. The van der Waals surface area contributed by atoms with Crippen LogP contribution >= 0.6 is 11.3 Å². The Hall–Kier alpha value is -0.340. The van der Waals surface area contributed by atoms with Gasteiger partial charge in [0.15, 0.2) is 0 Å². The van der Waals surface area contributed by atoms with Crippen molar-refractivity contribution in [3.63, 3.8) is 0 Å². The molecule has 14 heavy (non-hydrogen) atoms. The predicted octanol–water partition coefficient (Wildman–Crippen LogP) is 3.25. The van der Waals surface area contributed by atoms with Gasteiger partial charge in [-0.25, -0.2) is 0 Å². The summed E-state index contributed by atoms with van der Waals surface area (Å²) in [4.78, 5) is 2.90. The maximum absolute atomic E-state index is 3.62. The molecule has 0 aliphatic heterocycles. The average Bonchev–Trinajstić information content (AvgIpc) is 2.90. The minimum absolute atomic E-state index is 0.703. The molecule has 1 heterocycles. The fraction of sp³-hybridized carbons (Fsp3) is 0.667. The quantitative estimate of drug-likeness (QED) is 0.802. The second kappa shape index (κ2) is 4.03. The lowest BCUT2D eigenvalue weighted by Crippen LogP contribution is -2.27. The number of nitrogens with one attached hydrogen (secondary N) is 1. The van der Waals surface area contributed by atoms with E-state index in [1.165, 1.54) is 28.2 Å². The molecule has 2 rings (SSSR count). The first-order valence-electron chi connectivity index (χ1n) is 5.46. The Labute approximate surface area is 90.5 Å². The van der Waals surface area contributed by atoms with E-state index in [1.54, 1.807) is 0 Å². The molecule has 1 aliphatic rings. The van der Waals surface area contributed by atoms with Crippen LogP contribution in [-0.2, 0) is 6.54 Å². The summed E-state index contributed by atoms with van der Waals surface area (Å²) in [7, 11) is 0. The van der Waals surface area contributed by atoms with Gasteiger partial charge < -0.3 is 5.32 Å². The lowest BCUT2D eigenvalue weighted by atomic mass is 10.2. The zero-order valence-corrected chi connectivity index (χ0v) is 10.1. The van der Waals surface area contributed by atoms with Crippen LogP contribution in [0.2, 0.25) is 0 Å². The van der Waals surface area contributed by atoms with Crippen LogP contribution in [0.3, 0.4) is 0 Å². The van der Waals surface area contributed by atoms with Gasteiger partial charge in [-0.05, 0) is 51.2 Å². The molecule has 1 saturated carbocycles. The molecule has 0 saturated heterocycles. The van der Waals surface area contributed by atoms with E-state index >= 15 is 0 Å². The smallest absolute Gasteiger partial charge is 0.0219 e. The van der Waals surface area contributed by atoms with E-state index in [9.17, 15) is 0 Å². The second-order valence-corrected chi connectivity index (χ2v) is 5.91. The molecule has 1 fully saturated rings. The van der Waals surface area contributed by atoms with E-state index in [0.29, 0.717) is 6.04 Å². The highest BCUT2D eigenvalue weighted by molar-refractivity contribution is 7.12. The molecule has 1 atom stereocenters. The van der Waals surface area contributed by atoms with E-state index < -0.39 is 0 Å². The SMILES string of the molecule is Cc1cc(CNC(C)C2CC2)c(C)s1. The normalized spacial score (nSPS) is 18.5. The first-order valence-corrected chi connectivity index (χ1v) is 6.28. The fourth-order valence-corrected chi connectivity index (χ4v) is 2.84. The van der Waals surface area contributed by atoms with Gasteiger partial charge >= 0.3 is 0 Å². The monoisotopic (exact) mass is 209 g/mol. The second-order valence-electron chi connectivity index (χ2n) is 4.45. The first kappa shape index (κ1) is 10.2. The van der Waals surface area contributed by atoms with Gasteiger partial charge in [-0.15, -0.1) is 11.3 Å². The largest absolute Gasteiger partial charge is 0.310 e. The van der Waals surface area contributed by atoms with Crippen LogP contribution in [0.1, 0.15) is 35.1 Å². The van der Waals surface area contributed by atoms with Crippen LogP contribution < -0.4 is 5.32 Å². The molecule has 1 N–H and O–H groups in total. The predicted molar refractivity (Wildman–Crippen MR) is 62.8 cm³/mol. The molecule has 1 nitrogen and oxygen atoms in total. The van der Waals surface area contributed by atoms with E-state index in [4.69, 9.17) is 0 Å². The Balaban J connectivity index is 1.87. The summed E-state index contributed by atoms with van der Waals surface area (Å²) in [5, 5.41) is 3.62. The maximum Gasteiger partial charge on any atom is 0.0219 e. The van der Waals surface area contributed by atoms with Crippen molar-refractivity contribution in [1.29, 1.82) is 0 Å². The van der Waals surface area contributed by atoms with Crippen LogP contribution in [0.25, 0.3) is 0 Å². The third-order valence-corrected chi connectivity index (χ3v) is 4.10.